The van der Waals surface area contributed by atoms with Gasteiger partial charge in [0.05, 0.1) is 0 Å². The second-order valence-corrected chi connectivity index (χ2v) is 7.91. The molecule has 0 fully saturated rings. The van der Waals surface area contributed by atoms with E-state index in [0.29, 0.717) is 18.7 Å². The second-order valence-electron chi connectivity index (χ2n) is 7.91. The number of hydrogen-bond acceptors (Lipinski definition) is 2. The van der Waals surface area contributed by atoms with Gasteiger partial charge in [-0.25, -0.2) is 0 Å². The third kappa shape index (κ3) is 3.93. The zero-order valence-electron chi connectivity index (χ0n) is 17.5. The lowest BCUT2D eigenvalue weighted by molar-refractivity contribution is -0.128. The molecule has 2 N–H and O–H groups in total. The Bertz CT molecular complexity index is 1320. The third-order valence-electron chi connectivity index (χ3n) is 5.85. The van der Waals surface area contributed by atoms with Gasteiger partial charge in [0, 0.05) is 41.3 Å². The lowest BCUT2D eigenvalue weighted by Crippen LogP contribution is -2.41. The second kappa shape index (κ2) is 8.55. The normalized spacial score (nSPS) is 13.6. The summed E-state index contributed by atoms with van der Waals surface area (Å²) < 4.78 is 0. The fourth-order valence-corrected chi connectivity index (χ4v) is 4.14. The van der Waals surface area contributed by atoms with Crippen LogP contribution in [0, 0.1) is 0 Å². The zero-order chi connectivity index (χ0) is 21.9. The molecule has 5 heteroatoms. The van der Waals surface area contributed by atoms with Crippen molar-refractivity contribution in [2.75, 3.05) is 6.54 Å². The Labute approximate surface area is 186 Å². The van der Waals surface area contributed by atoms with Crippen molar-refractivity contribution in [3.05, 3.63) is 113 Å². The quantitative estimate of drug-likeness (QED) is 0.476. The van der Waals surface area contributed by atoms with Crippen molar-refractivity contribution in [3.63, 3.8) is 0 Å². The predicted molar refractivity (Wildman–Crippen MR) is 126 cm³/mol. The minimum absolute atomic E-state index is 0.186. The molecule has 0 radical (unpaired) electrons. The number of aromatic nitrogens is 1. The first-order valence-corrected chi connectivity index (χ1v) is 10.7. The number of H-pyrrole nitrogens is 1. The molecule has 0 atom stereocenters. The van der Waals surface area contributed by atoms with E-state index in [1.165, 1.54) is 5.56 Å². The van der Waals surface area contributed by atoms with Crippen LogP contribution in [-0.2, 0) is 17.8 Å². The zero-order valence-corrected chi connectivity index (χ0v) is 17.5. The molecule has 32 heavy (non-hydrogen) atoms. The van der Waals surface area contributed by atoms with E-state index < -0.39 is 0 Å². The van der Waals surface area contributed by atoms with E-state index in [9.17, 15) is 9.59 Å². The van der Waals surface area contributed by atoms with Crippen molar-refractivity contribution in [3.8, 4) is 0 Å². The van der Waals surface area contributed by atoms with Gasteiger partial charge in [-0.05, 0) is 41.8 Å². The number of hydrogen-bond donors (Lipinski definition) is 2. The van der Waals surface area contributed by atoms with E-state index in [4.69, 9.17) is 0 Å². The van der Waals surface area contributed by atoms with Crippen LogP contribution in [0.25, 0.3) is 17.0 Å². The maximum absolute atomic E-state index is 13.6. The van der Waals surface area contributed by atoms with Crippen molar-refractivity contribution in [1.82, 2.24) is 15.2 Å². The lowest BCUT2D eigenvalue weighted by Gasteiger charge is -2.29. The van der Waals surface area contributed by atoms with E-state index in [2.05, 4.69) is 22.4 Å². The van der Waals surface area contributed by atoms with Crippen LogP contribution in [0.1, 0.15) is 27.0 Å². The summed E-state index contributed by atoms with van der Waals surface area (Å²) in [7, 11) is 0. The molecule has 2 heterocycles. The lowest BCUT2D eigenvalue weighted by atomic mass is 9.99. The number of para-hydroxylation sites is 1. The summed E-state index contributed by atoms with van der Waals surface area (Å²) in [6.07, 6.45) is 4.43. The smallest absolute Gasteiger partial charge is 0.270 e. The Morgan fingerprint density at radius 2 is 1.59 bits per heavy atom. The summed E-state index contributed by atoms with van der Waals surface area (Å²) in [5, 5.41) is 3.87. The minimum atomic E-state index is -0.303. The van der Waals surface area contributed by atoms with E-state index in [0.717, 1.165) is 28.5 Å². The molecule has 0 unspecified atom stereocenters. The average molecular weight is 422 g/mol. The van der Waals surface area contributed by atoms with Crippen molar-refractivity contribution >= 4 is 28.8 Å². The van der Waals surface area contributed by atoms with Crippen LogP contribution in [0.5, 0.6) is 0 Å². The summed E-state index contributed by atoms with van der Waals surface area (Å²) in [6, 6.07) is 25.0. The highest BCUT2D eigenvalue weighted by Gasteiger charge is 2.25. The van der Waals surface area contributed by atoms with Gasteiger partial charge in [-0.1, -0.05) is 60.7 Å². The molecule has 0 spiro atoms. The Hall–Kier alpha value is -4.12. The first kappa shape index (κ1) is 19.8. The topological polar surface area (TPSA) is 65.2 Å². The number of rotatable bonds is 4. The fourth-order valence-electron chi connectivity index (χ4n) is 4.14. The number of carbonyl (C=O) groups excluding carboxylic acids is 2. The van der Waals surface area contributed by atoms with Crippen LogP contribution in [0.4, 0.5) is 0 Å². The molecule has 1 aliphatic heterocycles. The van der Waals surface area contributed by atoms with Gasteiger partial charge in [-0.2, -0.15) is 0 Å². The van der Waals surface area contributed by atoms with Crippen LogP contribution in [0.3, 0.4) is 0 Å². The SMILES string of the molecule is O=C(NC(=Cc1c[nH]c2ccccc12)C(=O)N1CCc2ccccc2C1)c1ccccc1. The molecule has 3 aromatic carbocycles. The summed E-state index contributed by atoms with van der Waals surface area (Å²) in [4.78, 5) is 31.5. The molecule has 0 bridgehead atoms. The molecule has 0 aliphatic carbocycles. The molecule has 1 aliphatic rings. The van der Waals surface area contributed by atoms with Crippen LogP contribution in [0.15, 0.2) is 90.8 Å². The minimum Gasteiger partial charge on any atom is -0.361 e. The van der Waals surface area contributed by atoms with E-state index in [1.807, 2.05) is 48.7 Å². The van der Waals surface area contributed by atoms with Crippen LogP contribution >= 0.6 is 0 Å². The Morgan fingerprint density at radius 3 is 2.44 bits per heavy atom. The van der Waals surface area contributed by atoms with Crippen molar-refractivity contribution in [2.45, 2.75) is 13.0 Å². The average Bonchev–Trinajstić information content (AvgIpc) is 3.26. The maximum atomic E-state index is 13.6. The van der Waals surface area contributed by atoms with Gasteiger partial charge < -0.3 is 15.2 Å². The summed E-state index contributed by atoms with van der Waals surface area (Å²) in [5.74, 6) is -0.489. The van der Waals surface area contributed by atoms with Crippen molar-refractivity contribution < 1.29 is 9.59 Å². The monoisotopic (exact) mass is 421 g/mol. The number of fused-ring (bicyclic) bond motifs is 2. The number of nitrogens with one attached hydrogen (secondary N) is 2. The Kier molecular flexibility index (Phi) is 5.30. The van der Waals surface area contributed by atoms with E-state index in [1.54, 1.807) is 35.2 Å². The molecule has 1 aromatic heterocycles. The highest BCUT2D eigenvalue weighted by molar-refractivity contribution is 6.06. The van der Waals surface area contributed by atoms with E-state index >= 15 is 0 Å². The summed E-state index contributed by atoms with van der Waals surface area (Å²) >= 11 is 0. The van der Waals surface area contributed by atoms with Gasteiger partial charge in [0.25, 0.3) is 11.8 Å². The van der Waals surface area contributed by atoms with E-state index in [-0.39, 0.29) is 17.5 Å². The summed E-state index contributed by atoms with van der Waals surface area (Å²) in [5.41, 5.74) is 5.03. The van der Waals surface area contributed by atoms with Crippen molar-refractivity contribution in [2.24, 2.45) is 0 Å². The van der Waals surface area contributed by atoms with Crippen LogP contribution in [0.2, 0.25) is 0 Å². The molecular formula is C27H23N3O2. The Morgan fingerprint density at radius 1 is 0.875 bits per heavy atom. The largest absolute Gasteiger partial charge is 0.361 e. The molecule has 5 nitrogen and oxygen atoms in total. The standard InChI is InChI=1S/C27H23N3O2/c31-26(20-9-2-1-3-10-20)29-25(16-22-17-28-24-13-7-6-12-23(22)24)27(32)30-15-14-19-8-4-5-11-21(19)18-30/h1-13,16-17,28H,14-15,18H2,(H,29,31). The molecule has 5 rings (SSSR count). The van der Waals surface area contributed by atoms with Gasteiger partial charge >= 0.3 is 0 Å². The number of aromatic amines is 1. The van der Waals surface area contributed by atoms with Crippen LogP contribution in [-0.4, -0.2) is 28.2 Å². The summed E-state index contributed by atoms with van der Waals surface area (Å²) in [6.45, 7) is 1.14. The first-order chi connectivity index (χ1) is 15.7. The van der Waals surface area contributed by atoms with Crippen molar-refractivity contribution in [1.29, 1.82) is 0 Å². The molecule has 4 aromatic rings. The van der Waals surface area contributed by atoms with Gasteiger partial charge in [-0.15, -0.1) is 0 Å². The highest BCUT2D eigenvalue weighted by atomic mass is 16.2. The Balaban J connectivity index is 1.49. The first-order valence-electron chi connectivity index (χ1n) is 10.7. The predicted octanol–water partition coefficient (Wildman–Crippen LogP) is 4.52. The maximum Gasteiger partial charge on any atom is 0.270 e. The number of benzene rings is 3. The molecule has 2 amide bonds. The number of carbonyl (C=O) groups is 2. The fraction of sp³-hybridized carbons (Fsp3) is 0.111. The molecule has 0 saturated carbocycles. The van der Waals surface area contributed by atoms with Gasteiger partial charge in [0.2, 0.25) is 0 Å². The van der Waals surface area contributed by atoms with Gasteiger partial charge in [0.1, 0.15) is 5.70 Å². The third-order valence-corrected chi connectivity index (χ3v) is 5.85. The molecule has 158 valence electrons. The number of nitrogens with zero attached hydrogens (tertiary/aromatic N) is 1. The number of amides is 2. The van der Waals surface area contributed by atoms with Crippen LogP contribution < -0.4 is 5.32 Å². The van der Waals surface area contributed by atoms with Gasteiger partial charge in [-0.3, -0.25) is 9.59 Å². The molecular weight excluding hydrogens is 398 g/mol. The highest BCUT2D eigenvalue weighted by Crippen LogP contribution is 2.23. The molecule has 0 saturated heterocycles. The van der Waals surface area contributed by atoms with Gasteiger partial charge in [0.15, 0.2) is 0 Å².